The zero-order valence-electron chi connectivity index (χ0n) is 7.31. The van der Waals surface area contributed by atoms with E-state index in [1.54, 1.807) is 12.4 Å². The highest BCUT2D eigenvalue weighted by atomic mass is 79.9. The molecule has 4 heteroatoms. The zero-order valence-corrected chi connectivity index (χ0v) is 8.90. The van der Waals surface area contributed by atoms with Crippen LogP contribution in [0, 0.1) is 0 Å². The zero-order chi connectivity index (χ0) is 9.97. The van der Waals surface area contributed by atoms with Gasteiger partial charge in [0.15, 0.2) is 0 Å². The van der Waals surface area contributed by atoms with Crippen molar-refractivity contribution in [3.63, 3.8) is 0 Å². The van der Waals surface area contributed by atoms with Crippen LogP contribution < -0.4 is 0 Å². The Morgan fingerprint density at radius 3 is 2.50 bits per heavy atom. The summed E-state index contributed by atoms with van der Waals surface area (Å²) in [5.74, 6) is 0. The Morgan fingerprint density at radius 1 is 1.21 bits per heavy atom. The molecule has 0 amide bonds. The van der Waals surface area contributed by atoms with E-state index in [2.05, 4.69) is 26.1 Å². The molecule has 2 N–H and O–H groups in total. The number of rotatable bonds is 2. The van der Waals surface area contributed by atoms with E-state index in [4.69, 9.17) is 0 Å². The fraction of sp³-hybridized carbons (Fsp3) is 0.100. The first-order valence-electron chi connectivity index (χ1n) is 4.19. The molecule has 0 spiro atoms. The molecule has 0 saturated carbocycles. The topological polar surface area (TPSA) is 48.9 Å². The Bertz CT molecular complexity index is 397. The maximum Gasteiger partial charge on any atom is 0.107 e. The molecule has 14 heavy (non-hydrogen) atoms. The van der Waals surface area contributed by atoms with Crippen LogP contribution >= 0.6 is 15.9 Å². The lowest BCUT2D eigenvalue weighted by atomic mass is 10.1. The van der Waals surface area contributed by atoms with Gasteiger partial charge in [0.25, 0.3) is 0 Å². The van der Waals surface area contributed by atoms with Gasteiger partial charge in [-0.25, -0.2) is 0 Å². The van der Waals surface area contributed by atoms with Crippen LogP contribution in [0.5, 0.6) is 0 Å². The molecule has 1 heterocycles. The van der Waals surface area contributed by atoms with Crippen LogP contribution in [0.25, 0.3) is 0 Å². The summed E-state index contributed by atoms with van der Waals surface area (Å²) in [5, 5.41) is 16.4. The van der Waals surface area contributed by atoms with Gasteiger partial charge in [-0.2, -0.15) is 5.10 Å². The Labute approximate surface area is 89.9 Å². The lowest BCUT2D eigenvalue weighted by Gasteiger charge is -2.07. The Morgan fingerprint density at radius 2 is 1.93 bits per heavy atom. The molecule has 1 atom stereocenters. The number of benzene rings is 1. The fourth-order valence-corrected chi connectivity index (χ4v) is 1.51. The second-order valence-electron chi connectivity index (χ2n) is 2.99. The minimum atomic E-state index is -0.609. The first-order chi connectivity index (χ1) is 6.77. The predicted molar refractivity (Wildman–Crippen MR) is 56.8 cm³/mol. The third-order valence-corrected chi connectivity index (χ3v) is 2.55. The van der Waals surface area contributed by atoms with Crippen LogP contribution in [0.2, 0.25) is 0 Å². The number of halogens is 1. The van der Waals surface area contributed by atoms with E-state index in [0.29, 0.717) is 0 Å². The van der Waals surface area contributed by atoms with Gasteiger partial charge in [-0.1, -0.05) is 28.1 Å². The van der Waals surface area contributed by atoms with Crippen molar-refractivity contribution in [2.24, 2.45) is 0 Å². The number of nitrogens with one attached hydrogen (secondary N) is 1. The molecule has 72 valence electrons. The number of aromatic amines is 1. The number of hydrogen-bond acceptors (Lipinski definition) is 2. The van der Waals surface area contributed by atoms with Crippen molar-refractivity contribution < 1.29 is 5.11 Å². The summed E-state index contributed by atoms with van der Waals surface area (Å²) < 4.78 is 1.00. The number of nitrogens with zero attached hydrogens (tertiary/aromatic N) is 1. The summed E-state index contributed by atoms with van der Waals surface area (Å²) in [6, 6.07) is 7.56. The molecule has 0 fully saturated rings. The Balaban J connectivity index is 2.28. The average Bonchev–Trinajstić information content (AvgIpc) is 2.71. The maximum atomic E-state index is 9.90. The van der Waals surface area contributed by atoms with E-state index >= 15 is 0 Å². The van der Waals surface area contributed by atoms with Gasteiger partial charge in [0.05, 0.1) is 6.20 Å². The van der Waals surface area contributed by atoms with E-state index in [1.165, 1.54) is 0 Å². The van der Waals surface area contributed by atoms with Crippen LogP contribution in [0.4, 0.5) is 0 Å². The second kappa shape index (κ2) is 3.94. The predicted octanol–water partition coefficient (Wildman–Crippen LogP) is 2.25. The lowest BCUT2D eigenvalue weighted by Crippen LogP contribution is -1.97. The number of H-pyrrole nitrogens is 1. The summed E-state index contributed by atoms with van der Waals surface area (Å²) in [5.41, 5.74) is 1.63. The molecular formula is C10H9BrN2O. The average molecular weight is 253 g/mol. The monoisotopic (exact) mass is 252 g/mol. The number of aromatic nitrogens is 2. The van der Waals surface area contributed by atoms with Gasteiger partial charge in [-0.05, 0) is 17.7 Å². The molecule has 0 radical (unpaired) electrons. The van der Waals surface area contributed by atoms with Crippen LogP contribution in [0.15, 0.2) is 41.1 Å². The molecule has 0 saturated heterocycles. The molecule has 0 bridgehead atoms. The molecule has 1 aromatic carbocycles. The number of aliphatic hydroxyl groups is 1. The van der Waals surface area contributed by atoms with Crippen molar-refractivity contribution in [3.05, 3.63) is 52.3 Å². The van der Waals surface area contributed by atoms with Crippen LogP contribution in [-0.2, 0) is 0 Å². The molecule has 3 nitrogen and oxygen atoms in total. The van der Waals surface area contributed by atoms with E-state index in [1.807, 2.05) is 24.3 Å². The summed E-state index contributed by atoms with van der Waals surface area (Å²) >= 11 is 3.34. The first-order valence-corrected chi connectivity index (χ1v) is 4.99. The van der Waals surface area contributed by atoms with Crippen LogP contribution in [0.3, 0.4) is 0 Å². The lowest BCUT2D eigenvalue weighted by molar-refractivity contribution is 0.220. The van der Waals surface area contributed by atoms with Crippen molar-refractivity contribution in [2.45, 2.75) is 6.10 Å². The van der Waals surface area contributed by atoms with Crippen molar-refractivity contribution in [2.75, 3.05) is 0 Å². The molecule has 0 aliphatic heterocycles. The molecule has 1 aromatic heterocycles. The normalized spacial score (nSPS) is 12.7. The largest absolute Gasteiger partial charge is 0.384 e. The van der Waals surface area contributed by atoms with Gasteiger partial charge in [-0.3, -0.25) is 5.10 Å². The number of aliphatic hydroxyl groups excluding tert-OH is 1. The van der Waals surface area contributed by atoms with Crippen molar-refractivity contribution >= 4 is 15.9 Å². The van der Waals surface area contributed by atoms with E-state index in [-0.39, 0.29) is 0 Å². The van der Waals surface area contributed by atoms with Gasteiger partial charge in [0.1, 0.15) is 6.10 Å². The standard InChI is InChI=1S/C10H9BrN2O/c11-9-3-1-7(2-4-9)10(14)8-5-12-13-6-8/h1-6,10,14H,(H,12,13). The van der Waals surface area contributed by atoms with Gasteiger partial charge < -0.3 is 5.11 Å². The Hall–Kier alpha value is -1.13. The van der Waals surface area contributed by atoms with Crippen molar-refractivity contribution in [1.29, 1.82) is 0 Å². The van der Waals surface area contributed by atoms with Gasteiger partial charge in [0.2, 0.25) is 0 Å². The molecule has 0 aliphatic rings. The third-order valence-electron chi connectivity index (χ3n) is 2.02. The fourth-order valence-electron chi connectivity index (χ4n) is 1.25. The number of hydrogen-bond donors (Lipinski definition) is 2. The molecule has 0 aliphatic carbocycles. The second-order valence-corrected chi connectivity index (χ2v) is 3.90. The first kappa shape index (κ1) is 9.43. The Kier molecular flexibility index (Phi) is 2.65. The van der Waals surface area contributed by atoms with E-state index < -0.39 is 6.10 Å². The van der Waals surface area contributed by atoms with E-state index in [9.17, 15) is 5.11 Å². The third kappa shape index (κ3) is 1.86. The van der Waals surface area contributed by atoms with E-state index in [0.717, 1.165) is 15.6 Å². The molecule has 1 unspecified atom stereocenters. The highest BCUT2D eigenvalue weighted by Gasteiger charge is 2.10. The van der Waals surface area contributed by atoms with Gasteiger partial charge in [-0.15, -0.1) is 0 Å². The highest BCUT2D eigenvalue weighted by molar-refractivity contribution is 9.10. The van der Waals surface area contributed by atoms with Crippen molar-refractivity contribution in [3.8, 4) is 0 Å². The van der Waals surface area contributed by atoms with Gasteiger partial charge >= 0.3 is 0 Å². The highest BCUT2D eigenvalue weighted by Crippen LogP contribution is 2.22. The minimum Gasteiger partial charge on any atom is -0.384 e. The summed E-state index contributed by atoms with van der Waals surface area (Å²) in [6.07, 6.45) is 2.70. The van der Waals surface area contributed by atoms with Crippen LogP contribution in [-0.4, -0.2) is 15.3 Å². The summed E-state index contributed by atoms with van der Waals surface area (Å²) in [6.45, 7) is 0. The maximum absolute atomic E-state index is 9.90. The summed E-state index contributed by atoms with van der Waals surface area (Å²) in [7, 11) is 0. The SMILES string of the molecule is OC(c1ccc(Br)cc1)c1cn[nH]c1. The minimum absolute atomic E-state index is 0.609. The van der Waals surface area contributed by atoms with Gasteiger partial charge in [0, 0.05) is 16.2 Å². The van der Waals surface area contributed by atoms with Crippen molar-refractivity contribution in [1.82, 2.24) is 10.2 Å². The molecular weight excluding hydrogens is 244 g/mol. The molecule has 2 aromatic rings. The smallest absolute Gasteiger partial charge is 0.107 e. The van der Waals surface area contributed by atoms with Crippen LogP contribution in [0.1, 0.15) is 17.2 Å². The summed E-state index contributed by atoms with van der Waals surface area (Å²) in [4.78, 5) is 0. The molecule has 2 rings (SSSR count). The quantitative estimate of drug-likeness (QED) is 0.862.